The molecule has 25 heavy (non-hydrogen) atoms. The number of nitrogens with zero attached hydrogens (tertiary/aromatic N) is 3. The molecule has 4 aromatic rings. The fourth-order valence-electron chi connectivity index (χ4n) is 2.85. The number of carbonyl (C=O) groups excluding carboxylic acids is 1. The zero-order valence-corrected chi connectivity index (χ0v) is 15.2. The van der Waals surface area contributed by atoms with E-state index in [1.54, 1.807) is 12.3 Å². The Balaban J connectivity index is 1.56. The first-order chi connectivity index (χ1) is 12.0. The summed E-state index contributed by atoms with van der Waals surface area (Å²) in [5, 5.41) is 2.91. The minimum absolute atomic E-state index is 0.184. The van der Waals surface area contributed by atoms with Crippen LogP contribution in [0.2, 0.25) is 0 Å². The summed E-state index contributed by atoms with van der Waals surface area (Å²) in [4.78, 5) is 16.8. The predicted octanol–water partition coefficient (Wildman–Crippen LogP) is 4.28. The Morgan fingerprint density at radius 1 is 1.24 bits per heavy atom. The maximum absolute atomic E-state index is 12.6. The molecule has 0 atom stereocenters. The van der Waals surface area contributed by atoms with Crippen LogP contribution in [0.25, 0.3) is 16.8 Å². The molecule has 1 amide bonds. The second kappa shape index (κ2) is 5.93. The van der Waals surface area contributed by atoms with Gasteiger partial charge in [0, 0.05) is 42.9 Å². The number of carbonyl (C=O) groups is 1. The van der Waals surface area contributed by atoms with Gasteiger partial charge in [0.25, 0.3) is 5.91 Å². The van der Waals surface area contributed by atoms with Crippen molar-refractivity contribution in [3.8, 4) is 5.69 Å². The summed E-state index contributed by atoms with van der Waals surface area (Å²) in [6, 6.07) is 11.2. The van der Waals surface area contributed by atoms with Crippen LogP contribution in [-0.4, -0.2) is 20.0 Å². The number of hydrogen-bond acceptors (Lipinski definition) is 3. The van der Waals surface area contributed by atoms with Crippen molar-refractivity contribution in [1.82, 2.24) is 14.1 Å². The monoisotopic (exact) mass is 398 g/mol. The molecule has 3 aromatic heterocycles. The standard InChI is InChI=1S/C18H15BrN4O2/c1-11-20-7-8-23(11)13-5-3-12(4-6-13)21-18(24)15-9-16-14(22(15)2)10-17(19)25-16/h3-10H,1-2H3,(H,21,24). The highest BCUT2D eigenvalue weighted by atomic mass is 79.9. The zero-order valence-electron chi connectivity index (χ0n) is 13.7. The maximum Gasteiger partial charge on any atom is 0.272 e. The SMILES string of the molecule is Cc1nccn1-c1ccc(NC(=O)c2cc3oc(Br)cc3n2C)cc1. The van der Waals surface area contributed by atoms with E-state index in [2.05, 4.69) is 26.2 Å². The number of benzene rings is 1. The van der Waals surface area contributed by atoms with E-state index in [1.165, 1.54) is 0 Å². The fraction of sp³-hybridized carbons (Fsp3) is 0.111. The number of fused-ring (bicyclic) bond motifs is 1. The highest BCUT2D eigenvalue weighted by Crippen LogP contribution is 2.26. The molecule has 4 rings (SSSR count). The average molecular weight is 399 g/mol. The summed E-state index contributed by atoms with van der Waals surface area (Å²) < 4.78 is 9.94. The summed E-state index contributed by atoms with van der Waals surface area (Å²) in [5.41, 5.74) is 3.80. The minimum atomic E-state index is -0.184. The van der Waals surface area contributed by atoms with Gasteiger partial charge in [-0.3, -0.25) is 4.79 Å². The minimum Gasteiger partial charge on any atom is -0.448 e. The Kier molecular flexibility index (Phi) is 3.73. The van der Waals surface area contributed by atoms with Crippen molar-refractivity contribution in [3.63, 3.8) is 0 Å². The Bertz CT molecular complexity index is 1070. The number of nitrogens with one attached hydrogen (secondary N) is 1. The molecule has 7 heteroatoms. The van der Waals surface area contributed by atoms with E-state index in [4.69, 9.17) is 4.42 Å². The predicted molar refractivity (Wildman–Crippen MR) is 99.1 cm³/mol. The number of aromatic nitrogens is 3. The Morgan fingerprint density at radius 3 is 2.64 bits per heavy atom. The van der Waals surface area contributed by atoms with E-state index in [0.29, 0.717) is 15.9 Å². The Labute approximate surface area is 152 Å². The molecule has 126 valence electrons. The first kappa shape index (κ1) is 15.7. The van der Waals surface area contributed by atoms with Crippen LogP contribution in [0.3, 0.4) is 0 Å². The summed E-state index contributed by atoms with van der Waals surface area (Å²) in [6.07, 6.45) is 3.66. The first-order valence-corrected chi connectivity index (χ1v) is 8.49. The molecular formula is C18H15BrN4O2. The van der Waals surface area contributed by atoms with Crippen molar-refractivity contribution in [1.29, 1.82) is 0 Å². The van der Waals surface area contributed by atoms with Crippen molar-refractivity contribution >= 4 is 38.6 Å². The van der Waals surface area contributed by atoms with E-state index in [1.807, 2.05) is 59.6 Å². The van der Waals surface area contributed by atoms with Crippen LogP contribution < -0.4 is 5.32 Å². The molecule has 0 radical (unpaired) electrons. The molecule has 1 aromatic carbocycles. The van der Waals surface area contributed by atoms with Gasteiger partial charge in [0.1, 0.15) is 11.5 Å². The molecule has 6 nitrogen and oxygen atoms in total. The normalized spacial score (nSPS) is 11.2. The van der Waals surface area contributed by atoms with Crippen molar-refractivity contribution in [3.05, 3.63) is 65.0 Å². The van der Waals surface area contributed by atoms with E-state index in [0.717, 1.165) is 22.7 Å². The molecule has 0 spiro atoms. The van der Waals surface area contributed by atoms with Crippen molar-refractivity contribution in [2.75, 3.05) is 5.32 Å². The molecule has 0 bridgehead atoms. The van der Waals surface area contributed by atoms with Crippen molar-refractivity contribution < 1.29 is 9.21 Å². The van der Waals surface area contributed by atoms with E-state index >= 15 is 0 Å². The number of aryl methyl sites for hydroxylation is 2. The number of anilines is 1. The third-order valence-corrected chi connectivity index (χ3v) is 4.55. The lowest BCUT2D eigenvalue weighted by atomic mass is 10.2. The van der Waals surface area contributed by atoms with Gasteiger partial charge in [-0.1, -0.05) is 0 Å². The molecule has 0 saturated heterocycles. The summed E-state index contributed by atoms with van der Waals surface area (Å²) in [5.74, 6) is 0.728. The van der Waals surface area contributed by atoms with Crippen molar-refractivity contribution in [2.45, 2.75) is 6.92 Å². The van der Waals surface area contributed by atoms with Crippen LogP contribution in [0.1, 0.15) is 16.3 Å². The Morgan fingerprint density at radius 2 is 2.00 bits per heavy atom. The second-order valence-corrected chi connectivity index (χ2v) is 6.52. The number of rotatable bonds is 3. The highest BCUT2D eigenvalue weighted by Gasteiger charge is 2.16. The molecule has 1 N–H and O–H groups in total. The molecule has 0 aliphatic carbocycles. The maximum atomic E-state index is 12.6. The number of imidazole rings is 1. The van der Waals surface area contributed by atoms with Gasteiger partial charge in [-0.15, -0.1) is 0 Å². The highest BCUT2D eigenvalue weighted by molar-refractivity contribution is 9.10. The van der Waals surface area contributed by atoms with Crippen LogP contribution in [0.5, 0.6) is 0 Å². The van der Waals surface area contributed by atoms with Gasteiger partial charge in [0.05, 0.1) is 5.52 Å². The average Bonchev–Trinajstić information content (AvgIpc) is 3.25. The summed E-state index contributed by atoms with van der Waals surface area (Å²) >= 11 is 3.29. The van der Waals surface area contributed by atoms with Crippen LogP contribution in [0.4, 0.5) is 5.69 Å². The number of halogens is 1. The third kappa shape index (κ3) is 2.76. The molecule has 3 heterocycles. The van der Waals surface area contributed by atoms with Gasteiger partial charge in [0.2, 0.25) is 0 Å². The zero-order chi connectivity index (χ0) is 17.6. The molecule has 0 fully saturated rings. The van der Waals surface area contributed by atoms with Crippen LogP contribution in [-0.2, 0) is 7.05 Å². The summed E-state index contributed by atoms with van der Waals surface area (Å²) in [6.45, 7) is 1.94. The largest absolute Gasteiger partial charge is 0.448 e. The molecular weight excluding hydrogens is 384 g/mol. The van der Waals surface area contributed by atoms with Gasteiger partial charge in [0.15, 0.2) is 10.3 Å². The van der Waals surface area contributed by atoms with Gasteiger partial charge in [-0.05, 0) is 47.1 Å². The van der Waals surface area contributed by atoms with E-state index in [9.17, 15) is 4.79 Å². The smallest absolute Gasteiger partial charge is 0.272 e. The van der Waals surface area contributed by atoms with Gasteiger partial charge >= 0.3 is 0 Å². The van der Waals surface area contributed by atoms with Crippen LogP contribution >= 0.6 is 15.9 Å². The van der Waals surface area contributed by atoms with Gasteiger partial charge < -0.3 is 18.9 Å². The van der Waals surface area contributed by atoms with Crippen LogP contribution in [0, 0.1) is 6.92 Å². The number of amides is 1. The van der Waals surface area contributed by atoms with Gasteiger partial charge in [-0.2, -0.15) is 0 Å². The summed E-state index contributed by atoms with van der Waals surface area (Å²) in [7, 11) is 1.84. The molecule has 0 aliphatic rings. The molecule has 0 unspecified atom stereocenters. The van der Waals surface area contributed by atoms with Gasteiger partial charge in [-0.25, -0.2) is 4.98 Å². The van der Waals surface area contributed by atoms with E-state index in [-0.39, 0.29) is 5.91 Å². The number of hydrogen-bond donors (Lipinski definition) is 1. The molecule has 0 saturated carbocycles. The fourth-order valence-corrected chi connectivity index (χ4v) is 3.24. The van der Waals surface area contributed by atoms with Crippen LogP contribution in [0.15, 0.2) is 57.9 Å². The molecule has 0 aliphatic heterocycles. The topological polar surface area (TPSA) is 65.0 Å². The third-order valence-electron chi connectivity index (χ3n) is 4.16. The quantitative estimate of drug-likeness (QED) is 0.559. The van der Waals surface area contributed by atoms with Crippen molar-refractivity contribution in [2.24, 2.45) is 7.05 Å². The lowest BCUT2D eigenvalue weighted by molar-refractivity contribution is 0.101. The lowest BCUT2D eigenvalue weighted by Crippen LogP contribution is -2.15. The second-order valence-electron chi connectivity index (χ2n) is 5.73. The lowest BCUT2D eigenvalue weighted by Gasteiger charge is -2.09. The van der Waals surface area contributed by atoms with E-state index < -0.39 is 0 Å². The first-order valence-electron chi connectivity index (χ1n) is 7.69. The number of furan rings is 1. The Hall–Kier alpha value is -2.80.